The smallest absolute Gasteiger partial charge is 0.399 e. The van der Waals surface area contributed by atoms with E-state index in [1.807, 2.05) is 0 Å². The molecule has 5 heteroatoms. The van der Waals surface area contributed by atoms with E-state index in [9.17, 15) is 18.3 Å². The molecular weight excluding hydrogens is 243 g/mol. The van der Waals surface area contributed by atoms with Gasteiger partial charge in [0.15, 0.2) is 0 Å². The zero-order chi connectivity index (χ0) is 13.9. The molecule has 1 aromatic rings. The van der Waals surface area contributed by atoms with Crippen molar-refractivity contribution >= 4 is 5.69 Å². The molecule has 1 unspecified atom stereocenters. The van der Waals surface area contributed by atoms with Gasteiger partial charge in [-0.2, -0.15) is 13.2 Å². The zero-order valence-electron chi connectivity index (χ0n) is 10.3. The minimum Gasteiger partial charge on any atom is -0.399 e. The Hall–Kier alpha value is -1.49. The molecule has 1 atom stereocenters. The van der Waals surface area contributed by atoms with Crippen molar-refractivity contribution in [3.8, 4) is 0 Å². The summed E-state index contributed by atoms with van der Waals surface area (Å²) in [5, 5.41) is 9.66. The Kier molecular flexibility index (Phi) is 4.40. The quantitative estimate of drug-likeness (QED) is 0.647. The number of nitrogen functional groups attached to an aromatic ring is 1. The highest BCUT2D eigenvalue weighted by Crippen LogP contribution is 2.33. The van der Waals surface area contributed by atoms with Crippen LogP contribution in [0.1, 0.15) is 25.0 Å². The maximum absolute atomic E-state index is 12.8. The van der Waals surface area contributed by atoms with Gasteiger partial charge in [0, 0.05) is 12.1 Å². The first kappa shape index (κ1) is 14.6. The first-order valence-corrected chi connectivity index (χ1v) is 5.49. The van der Waals surface area contributed by atoms with Crippen molar-refractivity contribution in [2.75, 3.05) is 5.73 Å². The van der Waals surface area contributed by atoms with Gasteiger partial charge in [-0.25, -0.2) is 0 Å². The molecular formula is C13H16F3NO. The predicted molar refractivity (Wildman–Crippen MR) is 65.0 cm³/mol. The van der Waals surface area contributed by atoms with Gasteiger partial charge in [0.25, 0.3) is 0 Å². The Bertz CT molecular complexity index is 448. The molecule has 3 N–H and O–H groups in total. The standard InChI is InChI=1S/C13H16F3NO/c1-8(2)5-11(18)6-9-3-4-10(17)7-12(9)13(14,15)16/h3-5,7,11,18H,6,17H2,1-2H3. The fraction of sp³-hybridized carbons (Fsp3) is 0.385. The summed E-state index contributed by atoms with van der Waals surface area (Å²) in [5.41, 5.74) is 5.53. The lowest BCUT2D eigenvalue weighted by Gasteiger charge is -2.15. The highest BCUT2D eigenvalue weighted by molar-refractivity contribution is 5.46. The highest BCUT2D eigenvalue weighted by Gasteiger charge is 2.33. The molecule has 100 valence electrons. The maximum Gasteiger partial charge on any atom is 0.416 e. The minimum absolute atomic E-state index is 0.0432. The number of benzene rings is 1. The van der Waals surface area contributed by atoms with Crippen molar-refractivity contribution in [1.82, 2.24) is 0 Å². The molecule has 18 heavy (non-hydrogen) atoms. The summed E-state index contributed by atoms with van der Waals surface area (Å²) in [5.74, 6) is 0. The van der Waals surface area contributed by atoms with Gasteiger partial charge in [0.05, 0.1) is 11.7 Å². The third-order valence-corrected chi connectivity index (χ3v) is 2.39. The highest BCUT2D eigenvalue weighted by atomic mass is 19.4. The summed E-state index contributed by atoms with van der Waals surface area (Å²) in [6.07, 6.45) is -3.95. The molecule has 0 spiro atoms. The molecule has 0 aliphatic carbocycles. The van der Waals surface area contributed by atoms with E-state index in [-0.39, 0.29) is 17.7 Å². The maximum atomic E-state index is 12.8. The Morgan fingerprint density at radius 2 is 2.00 bits per heavy atom. The fourth-order valence-corrected chi connectivity index (χ4v) is 1.70. The number of rotatable bonds is 3. The van der Waals surface area contributed by atoms with Gasteiger partial charge in [-0.05, 0) is 31.5 Å². The molecule has 1 rings (SSSR count). The largest absolute Gasteiger partial charge is 0.416 e. The van der Waals surface area contributed by atoms with Crippen LogP contribution in [0.25, 0.3) is 0 Å². The lowest BCUT2D eigenvalue weighted by atomic mass is 9.99. The first-order valence-electron chi connectivity index (χ1n) is 5.49. The topological polar surface area (TPSA) is 46.2 Å². The van der Waals surface area contributed by atoms with Crippen molar-refractivity contribution in [2.45, 2.75) is 32.5 Å². The number of halogens is 3. The fourth-order valence-electron chi connectivity index (χ4n) is 1.70. The van der Waals surface area contributed by atoms with Crippen LogP contribution < -0.4 is 5.73 Å². The second-order valence-corrected chi connectivity index (χ2v) is 4.43. The molecule has 0 aliphatic heterocycles. The summed E-state index contributed by atoms with van der Waals surface area (Å²) in [6.45, 7) is 3.55. The van der Waals surface area contributed by atoms with Crippen LogP contribution in [-0.2, 0) is 12.6 Å². The van der Waals surface area contributed by atoms with E-state index in [4.69, 9.17) is 5.73 Å². The first-order chi connectivity index (χ1) is 8.20. The molecule has 0 amide bonds. The summed E-state index contributed by atoms with van der Waals surface area (Å²) >= 11 is 0. The SMILES string of the molecule is CC(C)=CC(O)Cc1ccc(N)cc1C(F)(F)F. The van der Waals surface area contributed by atoms with Gasteiger partial charge in [-0.3, -0.25) is 0 Å². The number of hydrogen-bond donors (Lipinski definition) is 2. The van der Waals surface area contributed by atoms with Crippen LogP contribution in [0.3, 0.4) is 0 Å². The van der Waals surface area contributed by atoms with Crippen molar-refractivity contribution in [3.63, 3.8) is 0 Å². The van der Waals surface area contributed by atoms with Crippen molar-refractivity contribution in [1.29, 1.82) is 0 Å². The average Bonchev–Trinajstić information content (AvgIpc) is 2.17. The zero-order valence-corrected chi connectivity index (χ0v) is 10.3. The van der Waals surface area contributed by atoms with Gasteiger partial charge in [0.2, 0.25) is 0 Å². The van der Waals surface area contributed by atoms with E-state index in [1.165, 1.54) is 18.2 Å². The number of aliphatic hydroxyl groups is 1. The molecule has 0 aromatic heterocycles. The molecule has 2 nitrogen and oxygen atoms in total. The van der Waals surface area contributed by atoms with Crippen molar-refractivity contribution in [3.05, 3.63) is 41.0 Å². The van der Waals surface area contributed by atoms with Gasteiger partial charge < -0.3 is 10.8 Å². The summed E-state index contributed by atoms with van der Waals surface area (Å²) in [6, 6.07) is 3.60. The monoisotopic (exact) mass is 259 g/mol. The van der Waals surface area contributed by atoms with E-state index >= 15 is 0 Å². The van der Waals surface area contributed by atoms with Crippen LogP contribution in [0.15, 0.2) is 29.8 Å². The second kappa shape index (κ2) is 5.44. The number of anilines is 1. The van der Waals surface area contributed by atoms with Crippen LogP contribution in [-0.4, -0.2) is 11.2 Å². The van der Waals surface area contributed by atoms with E-state index in [0.29, 0.717) is 0 Å². The molecule has 0 saturated heterocycles. The minimum atomic E-state index is -4.46. The number of allylic oxidation sites excluding steroid dienone is 1. The van der Waals surface area contributed by atoms with E-state index < -0.39 is 17.8 Å². The molecule has 0 aliphatic rings. The van der Waals surface area contributed by atoms with Gasteiger partial charge in [-0.15, -0.1) is 0 Å². The van der Waals surface area contributed by atoms with Crippen LogP contribution in [0, 0.1) is 0 Å². The lowest BCUT2D eigenvalue weighted by molar-refractivity contribution is -0.138. The summed E-state index contributed by atoms with van der Waals surface area (Å²) < 4.78 is 38.4. The van der Waals surface area contributed by atoms with Gasteiger partial charge >= 0.3 is 6.18 Å². The van der Waals surface area contributed by atoms with Crippen LogP contribution in [0.5, 0.6) is 0 Å². The number of nitrogens with two attached hydrogens (primary N) is 1. The van der Waals surface area contributed by atoms with Gasteiger partial charge in [0.1, 0.15) is 0 Å². The lowest BCUT2D eigenvalue weighted by Crippen LogP contribution is -2.15. The summed E-state index contributed by atoms with van der Waals surface area (Å²) in [7, 11) is 0. The molecule has 0 saturated carbocycles. The normalized spacial score (nSPS) is 13.2. The Morgan fingerprint density at radius 1 is 1.39 bits per heavy atom. The van der Waals surface area contributed by atoms with Crippen molar-refractivity contribution in [2.24, 2.45) is 0 Å². The Morgan fingerprint density at radius 3 is 2.50 bits per heavy atom. The average molecular weight is 259 g/mol. The molecule has 0 radical (unpaired) electrons. The third kappa shape index (κ3) is 4.07. The van der Waals surface area contributed by atoms with Crippen molar-refractivity contribution < 1.29 is 18.3 Å². The number of alkyl halides is 3. The molecule has 1 aromatic carbocycles. The van der Waals surface area contributed by atoms with E-state index in [1.54, 1.807) is 13.8 Å². The predicted octanol–water partition coefficient (Wildman–Crippen LogP) is 3.16. The molecule has 0 bridgehead atoms. The third-order valence-electron chi connectivity index (χ3n) is 2.39. The Labute approximate surface area is 104 Å². The van der Waals surface area contributed by atoms with Crippen LogP contribution in [0.2, 0.25) is 0 Å². The number of hydrogen-bond acceptors (Lipinski definition) is 2. The molecule has 0 heterocycles. The van der Waals surface area contributed by atoms with E-state index in [2.05, 4.69) is 0 Å². The van der Waals surface area contributed by atoms with Gasteiger partial charge in [-0.1, -0.05) is 17.7 Å². The Balaban J connectivity index is 3.06. The summed E-state index contributed by atoms with van der Waals surface area (Å²) in [4.78, 5) is 0. The van der Waals surface area contributed by atoms with Crippen LogP contribution >= 0.6 is 0 Å². The number of aliphatic hydroxyl groups excluding tert-OH is 1. The van der Waals surface area contributed by atoms with Crippen LogP contribution in [0.4, 0.5) is 18.9 Å². The second-order valence-electron chi connectivity index (χ2n) is 4.43. The van der Waals surface area contributed by atoms with E-state index in [0.717, 1.165) is 11.6 Å². The molecule has 0 fully saturated rings.